The fourth-order valence-corrected chi connectivity index (χ4v) is 3.74. The monoisotopic (exact) mass is 253 g/mol. The van der Waals surface area contributed by atoms with E-state index in [1.807, 2.05) is 0 Å². The maximum Gasteiger partial charge on any atom is 0.0224 e. The van der Waals surface area contributed by atoms with Gasteiger partial charge in [0.25, 0.3) is 0 Å². The van der Waals surface area contributed by atoms with E-state index in [2.05, 4.69) is 37.6 Å². The van der Waals surface area contributed by atoms with Crippen LogP contribution in [0.15, 0.2) is 0 Å². The molecule has 2 aliphatic rings. The minimum Gasteiger partial charge on any atom is -0.329 e. The average Bonchev–Trinajstić information content (AvgIpc) is 2.49. The first-order valence-corrected chi connectivity index (χ1v) is 7.57. The molecule has 3 unspecified atom stereocenters. The number of hydrogen-bond acceptors (Lipinski definition) is 3. The molecule has 0 aromatic carbocycles. The Morgan fingerprint density at radius 1 is 1.17 bits per heavy atom. The Morgan fingerprint density at radius 3 is 2.44 bits per heavy atom. The maximum atomic E-state index is 6.04. The van der Waals surface area contributed by atoms with E-state index in [4.69, 9.17) is 5.73 Å². The highest BCUT2D eigenvalue weighted by molar-refractivity contribution is 4.93. The Hall–Kier alpha value is -0.120. The highest BCUT2D eigenvalue weighted by Crippen LogP contribution is 2.31. The zero-order valence-electron chi connectivity index (χ0n) is 12.7. The molecule has 2 heterocycles. The molecule has 0 radical (unpaired) electrons. The Bertz CT molecular complexity index is 271. The van der Waals surface area contributed by atoms with Crippen LogP contribution in [0.4, 0.5) is 0 Å². The molecule has 2 rings (SSSR count). The summed E-state index contributed by atoms with van der Waals surface area (Å²) in [4.78, 5) is 5.29. The van der Waals surface area contributed by atoms with E-state index in [0.717, 1.165) is 18.6 Å². The van der Waals surface area contributed by atoms with Crippen molar-refractivity contribution >= 4 is 0 Å². The second-order valence-electron chi connectivity index (χ2n) is 7.49. The van der Waals surface area contributed by atoms with E-state index in [-0.39, 0.29) is 0 Å². The van der Waals surface area contributed by atoms with Crippen molar-refractivity contribution in [2.24, 2.45) is 11.1 Å². The van der Waals surface area contributed by atoms with Crippen molar-refractivity contribution in [1.29, 1.82) is 0 Å². The van der Waals surface area contributed by atoms with Gasteiger partial charge in [0, 0.05) is 37.8 Å². The Labute approximate surface area is 113 Å². The van der Waals surface area contributed by atoms with Crippen LogP contribution in [-0.4, -0.2) is 54.6 Å². The van der Waals surface area contributed by atoms with E-state index in [1.165, 1.54) is 38.8 Å². The first-order chi connectivity index (χ1) is 8.40. The molecule has 0 aromatic rings. The van der Waals surface area contributed by atoms with E-state index in [9.17, 15) is 0 Å². The smallest absolute Gasteiger partial charge is 0.0224 e. The molecular weight excluding hydrogens is 222 g/mol. The van der Waals surface area contributed by atoms with Crippen LogP contribution >= 0.6 is 0 Å². The predicted molar refractivity (Wildman–Crippen MR) is 77.7 cm³/mol. The van der Waals surface area contributed by atoms with E-state index < -0.39 is 0 Å². The third-order valence-corrected chi connectivity index (χ3v) is 4.82. The normalized spacial score (nSPS) is 32.5. The molecule has 0 amide bonds. The van der Waals surface area contributed by atoms with Gasteiger partial charge in [0.1, 0.15) is 0 Å². The van der Waals surface area contributed by atoms with Gasteiger partial charge >= 0.3 is 0 Å². The highest BCUT2D eigenvalue weighted by atomic mass is 15.3. The summed E-state index contributed by atoms with van der Waals surface area (Å²) in [5.74, 6) is 0. The Kier molecular flexibility index (Phi) is 4.35. The van der Waals surface area contributed by atoms with Gasteiger partial charge < -0.3 is 5.73 Å². The molecule has 0 saturated carbocycles. The molecule has 18 heavy (non-hydrogen) atoms. The van der Waals surface area contributed by atoms with E-state index in [0.29, 0.717) is 11.5 Å². The fraction of sp³-hybridized carbons (Fsp3) is 1.00. The quantitative estimate of drug-likeness (QED) is 0.834. The first-order valence-electron chi connectivity index (χ1n) is 7.57. The van der Waals surface area contributed by atoms with Crippen LogP contribution in [0.25, 0.3) is 0 Å². The Balaban J connectivity index is 1.99. The van der Waals surface area contributed by atoms with Crippen LogP contribution in [0.3, 0.4) is 0 Å². The lowest BCUT2D eigenvalue weighted by Crippen LogP contribution is -2.46. The molecule has 0 spiro atoms. The minimum atomic E-state index is 0.376. The van der Waals surface area contributed by atoms with Crippen molar-refractivity contribution in [1.82, 2.24) is 9.80 Å². The number of hydrogen-bond donors (Lipinski definition) is 1. The van der Waals surface area contributed by atoms with Crippen molar-refractivity contribution in [3.05, 3.63) is 0 Å². The average molecular weight is 253 g/mol. The van der Waals surface area contributed by atoms with Gasteiger partial charge in [-0.1, -0.05) is 20.8 Å². The SMILES string of the molecule is CN1C2CCC1CN(C(CN)CC(C)(C)C)CC2. The van der Waals surface area contributed by atoms with Gasteiger partial charge in [0.05, 0.1) is 0 Å². The number of likely N-dealkylation sites (tertiary alicyclic amines) is 1. The molecule has 3 heteroatoms. The molecule has 2 bridgehead atoms. The molecule has 2 fully saturated rings. The topological polar surface area (TPSA) is 32.5 Å². The van der Waals surface area contributed by atoms with Gasteiger partial charge in [-0.3, -0.25) is 9.80 Å². The van der Waals surface area contributed by atoms with Crippen molar-refractivity contribution in [2.75, 3.05) is 26.7 Å². The summed E-state index contributed by atoms with van der Waals surface area (Å²) >= 11 is 0. The van der Waals surface area contributed by atoms with Gasteiger partial charge in [-0.2, -0.15) is 0 Å². The van der Waals surface area contributed by atoms with Crippen molar-refractivity contribution in [3.63, 3.8) is 0 Å². The summed E-state index contributed by atoms with van der Waals surface area (Å²) in [5.41, 5.74) is 6.42. The van der Waals surface area contributed by atoms with Crippen LogP contribution in [0.2, 0.25) is 0 Å². The standard InChI is InChI=1S/C15H31N3/c1-15(2,3)9-14(10-16)18-8-7-12-5-6-13(11-18)17(12)4/h12-14H,5-11,16H2,1-4H3. The van der Waals surface area contributed by atoms with Gasteiger partial charge in [-0.25, -0.2) is 0 Å². The highest BCUT2D eigenvalue weighted by Gasteiger charge is 2.36. The summed E-state index contributed by atoms with van der Waals surface area (Å²) in [6, 6.07) is 2.16. The third-order valence-electron chi connectivity index (χ3n) is 4.82. The summed E-state index contributed by atoms with van der Waals surface area (Å²) in [6.07, 6.45) is 5.32. The number of fused-ring (bicyclic) bond motifs is 2. The Morgan fingerprint density at radius 2 is 1.83 bits per heavy atom. The molecule has 2 saturated heterocycles. The number of nitrogens with two attached hydrogens (primary N) is 1. The zero-order chi connectivity index (χ0) is 13.3. The van der Waals surface area contributed by atoms with E-state index >= 15 is 0 Å². The molecule has 3 atom stereocenters. The molecule has 106 valence electrons. The lowest BCUT2D eigenvalue weighted by molar-refractivity contribution is 0.138. The van der Waals surface area contributed by atoms with Crippen molar-refractivity contribution in [3.8, 4) is 0 Å². The second-order valence-corrected chi connectivity index (χ2v) is 7.49. The first kappa shape index (κ1) is 14.3. The number of nitrogens with zero attached hydrogens (tertiary/aromatic N) is 2. The third kappa shape index (κ3) is 3.25. The minimum absolute atomic E-state index is 0.376. The molecule has 0 aromatic heterocycles. The maximum absolute atomic E-state index is 6.04. The van der Waals surface area contributed by atoms with Crippen LogP contribution < -0.4 is 5.73 Å². The zero-order valence-corrected chi connectivity index (χ0v) is 12.7. The molecule has 0 aliphatic carbocycles. The summed E-state index contributed by atoms with van der Waals surface area (Å²) in [7, 11) is 2.31. The van der Waals surface area contributed by atoms with Crippen LogP contribution in [0, 0.1) is 5.41 Å². The lowest BCUT2D eigenvalue weighted by Gasteiger charge is -2.36. The van der Waals surface area contributed by atoms with Gasteiger partial charge in [0.15, 0.2) is 0 Å². The number of likely N-dealkylation sites (N-methyl/N-ethyl adjacent to an activating group) is 1. The van der Waals surface area contributed by atoms with Gasteiger partial charge in [-0.15, -0.1) is 0 Å². The molecule has 2 aliphatic heterocycles. The van der Waals surface area contributed by atoms with Gasteiger partial charge in [0.2, 0.25) is 0 Å². The summed E-state index contributed by atoms with van der Waals surface area (Å²) in [5, 5.41) is 0. The fourth-order valence-electron chi connectivity index (χ4n) is 3.74. The molecule has 2 N–H and O–H groups in total. The van der Waals surface area contributed by atoms with Crippen LogP contribution in [0.5, 0.6) is 0 Å². The lowest BCUT2D eigenvalue weighted by atomic mass is 9.87. The number of rotatable bonds is 3. The predicted octanol–water partition coefficient (Wildman–Crippen LogP) is 1.92. The molecule has 3 nitrogen and oxygen atoms in total. The largest absolute Gasteiger partial charge is 0.329 e. The van der Waals surface area contributed by atoms with E-state index in [1.54, 1.807) is 0 Å². The molecular formula is C15H31N3. The second kappa shape index (κ2) is 5.48. The van der Waals surface area contributed by atoms with Gasteiger partial charge in [-0.05, 0) is 38.1 Å². The van der Waals surface area contributed by atoms with Crippen molar-refractivity contribution < 1.29 is 0 Å². The van der Waals surface area contributed by atoms with Crippen molar-refractivity contribution in [2.45, 2.75) is 64.6 Å². The summed E-state index contributed by atoms with van der Waals surface area (Å²) in [6.45, 7) is 10.2. The summed E-state index contributed by atoms with van der Waals surface area (Å²) < 4.78 is 0. The van der Waals surface area contributed by atoms with Crippen LogP contribution in [0.1, 0.15) is 46.5 Å². The van der Waals surface area contributed by atoms with Crippen LogP contribution in [-0.2, 0) is 0 Å².